The van der Waals surface area contributed by atoms with Crippen LogP contribution >= 0.6 is 0 Å². The van der Waals surface area contributed by atoms with Crippen LogP contribution in [0.2, 0.25) is 0 Å². The SMILES string of the molecule is C=C(CC[C@@H](C)[C@H]1CC[C@H]2[C@@H]3C[C@@H](O)[C@@]4(O)C[C@@H](O)CC[C@]4(CO)[C@H]3CC[C@]12C)C(C)C. The smallest absolute Gasteiger partial charge is 0.101 e. The van der Waals surface area contributed by atoms with Crippen LogP contribution in [0.1, 0.15) is 91.9 Å². The van der Waals surface area contributed by atoms with Crippen LogP contribution in [-0.2, 0) is 0 Å². The number of allylic oxidation sites excluding steroid dienone is 1. The van der Waals surface area contributed by atoms with Crippen molar-refractivity contribution >= 4 is 0 Å². The van der Waals surface area contributed by atoms with Gasteiger partial charge in [-0.05, 0) is 98.7 Å². The number of hydrogen-bond donors (Lipinski definition) is 4. The molecular formula is C28H48O4. The van der Waals surface area contributed by atoms with Gasteiger partial charge in [0.15, 0.2) is 0 Å². The van der Waals surface area contributed by atoms with Gasteiger partial charge in [-0.1, -0.05) is 39.8 Å². The number of aliphatic hydroxyl groups is 4. The van der Waals surface area contributed by atoms with Crippen molar-refractivity contribution in [3.63, 3.8) is 0 Å². The Labute approximate surface area is 195 Å². The molecule has 0 spiro atoms. The summed E-state index contributed by atoms with van der Waals surface area (Å²) in [6, 6.07) is 0. The third kappa shape index (κ3) is 3.54. The van der Waals surface area contributed by atoms with Gasteiger partial charge in [0, 0.05) is 11.8 Å². The zero-order valence-electron chi connectivity index (χ0n) is 20.9. The highest BCUT2D eigenvalue weighted by molar-refractivity contribution is 5.18. The first-order chi connectivity index (χ1) is 15.0. The van der Waals surface area contributed by atoms with E-state index in [9.17, 15) is 20.4 Å². The highest BCUT2D eigenvalue weighted by atomic mass is 16.4. The van der Waals surface area contributed by atoms with E-state index in [1.54, 1.807) is 0 Å². The van der Waals surface area contributed by atoms with Gasteiger partial charge in [-0.2, -0.15) is 0 Å². The summed E-state index contributed by atoms with van der Waals surface area (Å²) in [5, 5.41) is 43.8. The van der Waals surface area contributed by atoms with Crippen molar-refractivity contribution in [2.24, 2.45) is 46.3 Å². The Morgan fingerprint density at radius 1 is 1.03 bits per heavy atom. The van der Waals surface area contributed by atoms with E-state index in [4.69, 9.17) is 0 Å². The molecule has 0 saturated heterocycles. The fourth-order valence-corrected chi connectivity index (χ4v) is 9.25. The molecular weight excluding hydrogens is 400 g/mol. The molecule has 4 saturated carbocycles. The van der Waals surface area contributed by atoms with Crippen molar-refractivity contribution in [3.8, 4) is 0 Å². The van der Waals surface area contributed by atoms with Gasteiger partial charge in [-0.15, -0.1) is 0 Å². The zero-order valence-corrected chi connectivity index (χ0v) is 20.9. The highest BCUT2D eigenvalue weighted by Crippen LogP contribution is 2.69. The Kier molecular flexibility index (Phi) is 6.68. The summed E-state index contributed by atoms with van der Waals surface area (Å²) in [4.78, 5) is 0. The molecule has 0 bridgehead atoms. The lowest BCUT2D eigenvalue weighted by Crippen LogP contribution is -2.70. The monoisotopic (exact) mass is 448 g/mol. The lowest BCUT2D eigenvalue weighted by molar-refractivity contribution is -0.280. The van der Waals surface area contributed by atoms with Gasteiger partial charge in [0.05, 0.1) is 18.8 Å². The molecule has 0 aromatic heterocycles. The molecule has 32 heavy (non-hydrogen) atoms. The van der Waals surface area contributed by atoms with Gasteiger partial charge >= 0.3 is 0 Å². The second kappa shape index (κ2) is 8.66. The minimum atomic E-state index is -1.36. The maximum absolute atomic E-state index is 11.7. The zero-order chi connectivity index (χ0) is 23.5. The van der Waals surface area contributed by atoms with Crippen molar-refractivity contribution in [2.75, 3.05) is 6.61 Å². The number of hydrogen-bond acceptors (Lipinski definition) is 4. The third-order valence-corrected chi connectivity index (χ3v) is 11.3. The molecule has 184 valence electrons. The summed E-state index contributed by atoms with van der Waals surface area (Å²) in [7, 11) is 0. The molecule has 4 nitrogen and oxygen atoms in total. The van der Waals surface area contributed by atoms with E-state index in [2.05, 4.69) is 34.3 Å². The Hall–Kier alpha value is -0.420. The summed E-state index contributed by atoms with van der Waals surface area (Å²) < 4.78 is 0. The van der Waals surface area contributed by atoms with Crippen molar-refractivity contribution in [1.29, 1.82) is 0 Å². The van der Waals surface area contributed by atoms with Crippen LogP contribution < -0.4 is 0 Å². The Bertz CT molecular complexity index is 706. The third-order valence-electron chi connectivity index (χ3n) is 11.3. The topological polar surface area (TPSA) is 80.9 Å². The van der Waals surface area contributed by atoms with Gasteiger partial charge in [-0.3, -0.25) is 0 Å². The second-order valence-electron chi connectivity index (χ2n) is 12.8. The van der Waals surface area contributed by atoms with Gasteiger partial charge in [0.2, 0.25) is 0 Å². The first-order valence-corrected chi connectivity index (χ1v) is 13.4. The van der Waals surface area contributed by atoms with Crippen molar-refractivity contribution in [2.45, 2.75) is 110 Å². The van der Waals surface area contributed by atoms with E-state index >= 15 is 0 Å². The Morgan fingerprint density at radius 3 is 2.41 bits per heavy atom. The van der Waals surface area contributed by atoms with Crippen LogP contribution in [0.25, 0.3) is 0 Å². The lowest BCUT2D eigenvalue weighted by atomic mass is 9.42. The Balaban J connectivity index is 1.56. The minimum Gasteiger partial charge on any atom is -0.396 e. The summed E-state index contributed by atoms with van der Waals surface area (Å²) >= 11 is 0. The van der Waals surface area contributed by atoms with E-state index in [1.165, 1.54) is 24.8 Å². The predicted octanol–water partition coefficient (Wildman–Crippen LogP) is 4.69. The van der Waals surface area contributed by atoms with Crippen LogP contribution in [0.15, 0.2) is 12.2 Å². The van der Waals surface area contributed by atoms with Crippen molar-refractivity contribution < 1.29 is 20.4 Å². The van der Waals surface area contributed by atoms with Crippen LogP contribution in [0, 0.1) is 46.3 Å². The van der Waals surface area contributed by atoms with Crippen molar-refractivity contribution in [1.82, 2.24) is 0 Å². The normalized spacial score (nSPS) is 49.3. The summed E-state index contributed by atoms with van der Waals surface area (Å²) in [6.45, 7) is 13.6. The average molecular weight is 449 g/mol. The van der Waals surface area contributed by atoms with E-state index in [-0.39, 0.29) is 24.4 Å². The largest absolute Gasteiger partial charge is 0.396 e. The molecule has 0 aromatic rings. The molecule has 4 heteroatoms. The lowest BCUT2D eigenvalue weighted by Gasteiger charge is -2.65. The van der Waals surface area contributed by atoms with Crippen LogP contribution in [0.3, 0.4) is 0 Å². The quantitative estimate of drug-likeness (QED) is 0.444. The summed E-state index contributed by atoms with van der Waals surface area (Å²) in [5.74, 6) is 3.06. The first-order valence-electron chi connectivity index (χ1n) is 13.4. The molecule has 0 heterocycles. The van der Waals surface area contributed by atoms with Crippen LogP contribution in [0.5, 0.6) is 0 Å². The van der Waals surface area contributed by atoms with Gasteiger partial charge < -0.3 is 20.4 Å². The van der Waals surface area contributed by atoms with E-state index in [0.717, 1.165) is 19.3 Å². The second-order valence-corrected chi connectivity index (χ2v) is 12.8. The maximum atomic E-state index is 11.7. The molecule has 0 aromatic carbocycles. The fraction of sp³-hybridized carbons (Fsp3) is 0.929. The maximum Gasteiger partial charge on any atom is 0.101 e. The molecule has 0 amide bonds. The highest BCUT2D eigenvalue weighted by Gasteiger charge is 2.69. The van der Waals surface area contributed by atoms with Gasteiger partial charge in [0.25, 0.3) is 0 Å². The molecule has 4 fully saturated rings. The number of aliphatic hydroxyl groups excluding tert-OH is 3. The van der Waals surface area contributed by atoms with E-state index in [0.29, 0.717) is 48.9 Å². The summed E-state index contributed by atoms with van der Waals surface area (Å²) in [6.07, 6.45) is 7.53. The molecule has 0 aliphatic heterocycles. The fourth-order valence-electron chi connectivity index (χ4n) is 9.25. The van der Waals surface area contributed by atoms with Gasteiger partial charge in [0.1, 0.15) is 5.60 Å². The molecule has 0 radical (unpaired) electrons. The molecule has 0 unspecified atom stereocenters. The van der Waals surface area contributed by atoms with Crippen LogP contribution in [0.4, 0.5) is 0 Å². The van der Waals surface area contributed by atoms with Gasteiger partial charge in [-0.25, -0.2) is 0 Å². The Morgan fingerprint density at radius 2 is 1.75 bits per heavy atom. The molecule has 4 N–H and O–H groups in total. The molecule has 4 aliphatic rings. The minimum absolute atomic E-state index is 0.0883. The van der Waals surface area contributed by atoms with Crippen LogP contribution in [-0.4, -0.2) is 44.8 Å². The molecule has 4 aliphatic carbocycles. The molecule has 4 rings (SSSR count). The van der Waals surface area contributed by atoms with E-state index in [1.807, 2.05) is 0 Å². The molecule has 10 atom stereocenters. The average Bonchev–Trinajstić information content (AvgIpc) is 3.09. The number of fused-ring (bicyclic) bond motifs is 5. The standard InChI is InChI=1S/C28H48O4/c1-17(2)18(3)6-7-19(4)22-8-9-23-21-14-25(31)28(32)15-20(30)10-13-27(28,16-29)24(21)11-12-26(22,23)5/h17,19-25,29-32H,3,6-16H2,1-2,4-5H3/t19-,20+,21+,22-,23+,24+,25-,26-,27+,28+/m1/s1. The summed E-state index contributed by atoms with van der Waals surface area (Å²) in [5.41, 5.74) is -0.398. The van der Waals surface area contributed by atoms with E-state index < -0.39 is 23.2 Å². The number of rotatable bonds is 6. The first kappa shape index (κ1) is 24.7. The van der Waals surface area contributed by atoms with Crippen molar-refractivity contribution in [3.05, 3.63) is 12.2 Å². The predicted molar refractivity (Wildman–Crippen MR) is 128 cm³/mol.